The lowest BCUT2D eigenvalue weighted by molar-refractivity contribution is 0.290. The summed E-state index contributed by atoms with van der Waals surface area (Å²) in [4.78, 5) is 10.1. The van der Waals surface area contributed by atoms with Gasteiger partial charge in [-0.1, -0.05) is 97.7 Å². The molecule has 4 rings (SSSR count). The fourth-order valence-electron chi connectivity index (χ4n) is 2.99. The molecule has 2 aliphatic rings. The molecule has 6 nitrogen and oxygen atoms in total. The number of halogens is 7. The van der Waals surface area contributed by atoms with Gasteiger partial charge in [0.15, 0.2) is 10.1 Å². The van der Waals surface area contributed by atoms with Crippen LogP contribution in [0.4, 0.5) is 0 Å². The molecule has 0 bridgehead atoms. The Hall–Kier alpha value is -1.14. The van der Waals surface area contributed by atoms with Gasteiger partial charge in [-0.05, 0) is 59.8 Å². The first kappa shape index (κ1) is 36.1. The fourth-order valence-corrected chi connectivity index (χ4v) is 4.60. The first-order chi connectivity index (χ1) is 19.5. The molecule has 2 aliphatic heterocycles. The van der Waals surface area contributed by atoms with Gasteiger partial charge in [0.25, 0.3) is 0 Å². The quantitative estimate of drug-likeness (QED) is 0.154. The third kappa shape index (κ3) is 15.8. The van der Waals surface area contributed by atoms with Gasteiger partial charge in [-0.25, -0.2) is 9.97 Å². The van der Waals surface area contributed by atoms with Crippen molar-refractivity contribution in [3.05, 3.63) is 103 Å². The van der Waals surface area contributed by atoms with Crippen molar-refractivity contribution in [3.8, 4) is 0 Å². The lowest BCUT2D eigenvalue weighted by Gasteiger charge is -2.23. The first-order valence-corrected chi connectivity index (χ1v) is 15.8. The van der Waals surface area contributed by atoms with Crippen LogP contribution >= 0.6 is 110 Å². The number of hydrogen-bond donors (Lipinski definition) is 1. The van der Waals surface area contributed by atoms with Crippen LogP contribution < -0.4 is 5.32 Å². The van der Waals surface area contributed by atoms with Crippen LogP contribution in [0.5, 0.6) is 0 Å². The van der Waals surface area contributed by atoms with Crippen LogP contribution in [0.3, 0.4) is 0 Å². The molecule has 0 saturated heterocycles. The second-order valence-corrected chi connectivity index (χ2v) is 12.1. The summed E-state index contributed by atoms with van der Waals surface area (Å²) in [6, 6.07) is 7.37. The molecule has 0 atom stereocenters. The summed E-state index contributed by atoms with van der Waals surface area (Å²) < 4.78 is 10.9. The SMILES string of the molecule is ClC(Cl)=CCBr.S=C1C=C(N(CC=C(Cl)Cl)Cc2ccc(Cl)nc2)CO1.S=C1C=C(NCc2ccc(Cl)nc2)CO1. The highest BCUT2D eigenvalue weighted by atomic mass is 79.9. The molecule has 0 unspecified atom stereocenters. The van der Waals surface area contributed by atoms with Gasteiger partial charge < -0.3 is 19.7 Å². The maximum Gasteiger partial charge on any atom is 0.186 e. The van der Waals surface area contributed by atoms with E-state index in [0.29, 0.717) is 57.7 Å². The second-order valence-electron chi connectivity index (χ2n) is 7.87. The Bertz CT molecular complexity index is 1280. The number of hydrogen-bond acceptors (Lipinski definition) is 8. The van der Waals surface area contributed by atoms with Gasteiger partial charge in [0, 0.05) is 49.5 Å². The van der Waals surface area contributed by atoms with E-state index in [2.05, 4.69) is 36.1 Å². The van der Waals surface area contributed by atoms with Crippen LogP contribution in [0, 0.1) is 0 Å². The molecule has 41 heavy (non-hydrogen) atoms. The van der Waals surface area contributed by atoms with Crippen LogP contribution in [0.1, 0.15) is 11.1 Å². The van der Waals surface area contributed by atoms with E-state index in [4.69, 9.17) is 104 Å². The number of aromatic nitrogens is 2. The third-order valence-corrected chi connectivity index (χ3v) is 6.74. The molecule has 4 heterocycles. The minimum atomic E-state index is 0.228. The molecule has 1 N–H and O–H groups in total. The van der Waals surface area contributed by atoms with E-state index < -0.39 is 0 Å². The highest BCUT2D eigenvalue weighted by Gasteiger charge is 2.17. The van der Waals surface area contributed by atoms with E-state index in [0.717, 1.165) is 27.9 Å². The summed E-state index contributed by atoms with van der Waals surface area (Å²) in [6.07, 6.45) is 10.5. The second kappa shape index (κ2) is 19.9. The van der Waals surface area contributed by atoms with Crippen LogP contribution in [-0.4, -0.2) is 50.1 Å². The Morgan fingerprint density at radius 3 is 1.90 bits per heavy atom. The van der Waals surface area contributed by atoms with Crippen molar-refractivity contribution in [2.75, 3.05) is 25.1 Å². The Labute approximate surface area is 288 Å². The average Bonchev–Trinajstić information content (AvgIpc) is 3.55. The molecule has 0 saturated carbocycles. The zero-order chi connectivity index (χ0) is 30.2. The number of alkyl halides is 1. The van der Waals surface area contributed by atoms with Crippen molar-refractivity contribution in [1.82, 2.24) is 20.2 Å². The summed E-state index contributed by atoms with van der Waals surface area (Å²) in [5.41, 5.74) is 4.07. The molecule has 0 aliphatic carbocycles. The molecular formula is C26H23BrCl6N4O2S2. The minimum Gasteiger partial charge on any atom is -0.477 e. The van der Waals surface area contributed by atoms with Gasteiger partial charge >= 0.3 is 0 Å². The smallest absolute Gasteiger partial charge is 0.186 e. The fraction of sp³-hybridized carbons (Fsp3) is 0.231. The Kier molecular flexibility index (Phi) is 17.5. The number of thiocarbonyl (C=S) groups is 2. The maximum absolute atomic E-state index is 5.78. The van der Waals surface area contributed by atoms with Crippen molar-refractivity contribution < 1.29 is 9.47 Å². The lowest BCUT2D eigenvalue weighted by atomic mass is 10.2. The predicted octanol–water partition coefficient (Wildman–Crippen LogP) is 8.86. The molecule has 0 spiro atoms. The van der Waals surface area contributed by atoms with E-state index in [1.165, 1.54) is 0 Å². The third-order valence-electron chi connectivity index (χ3n) is 4.88. The largest absolute Gasteiger partial charge is 0.477 e. The van der Waals surface area contributed by atoms with Crippen LogP contribution in [0.2, 0.25) is 10.3 Å². The number of allylic oxidation sites excluding steroid dienone is 1. The lowest BCUT2D eigenvalue weighted by Crippen LogP contribution is -2.24. The number of rotatable bonds is 9. The maximum atomic E-state index is 5.78. The van der Waals surface area contributed by atoms with E-state index >= 15 is 0 Å². The van der Waals surface area contributed by atoms with Gasteiger partial charge in [0.2, 0.25) is 0 Å². The van der Waals surface area contributed by atoms with Crippen molar-refractivity contribution in [2.45, 2.75) is 13.1 Å². The molecular weight excluding hydrogens is 757 g/mol. The van der Waals surface area contributed by atoms with Gasteiger partial charge in [-0.3, -0.25) is 0 Å². The monoisotopic (exact) mass is 776 g/mol. The summed E-state index contributed by atoms with van der Waals surface area (Å²) in [5, 5.41) is 5.92. The van der Waals surface area contributed by atoms with E-state index in [1.54, 1.807) is 36.7 Å². The van der Waals surface area contributed by atoms with Crippen LogP contribution in [0.15, 0.2) is 81.3 Å². The van der Waals surface area contributed by atoms with Crippen LogP contribution in [-0.2, 0) is 22.6 Å². The normalized spacial score (nSPS) is 13.2. The molecule has 220 valence electrons. The van der Waals surface area contributed by atoms with Gasteiger partial charge in [0.1, 0.15) is 32.5 Å². The molecule has 0 amide bonds. The van der Waals surface area contributed by atoms with E-state index in [1.807, 2.05) is 24.3 Å². The Balaban J connectivity index is 0.000000246. The van der Waals surface area contributed by atoms with E-state index in [-0.39, 0.29) is 4.49 Å². The van der Waals surface area contributed by atoms with Gasteiger partial charge in [0.05, 0.1) is 11.4 Å². The van der Waals surface area contributed by atoms with Gasteiger partial charge in [-0.2, -0.15) is 0 Å². The average molecular weight is 780 g/mol. The highest BCUT2D eigenvalue weighted by Crippen LogP contribution is 2.18. The topological polar surface area (TPSA) is 59.5 Å². The molecule has 0 radical (unpaired) electrons. The summed E-state index contributed by atoms with van der Waals surface area (Å²) >= 11 is 46.1. The molecule has 0 aromatic carbocycles. The van der Waals surface area contributed by atoms with E-state index in [9.17, 15) is 0 Å². The summed E-state index contributed by atoms with van der Waals surface area (Å²) in [6.45, 7) is 2.87. The van der Waals surface area contributed by atoms with Crippen LogP contribution in [0.25, 0.3) is 0 Å². The van der Waals surface area contributed by atoms with Gasteiger partial charge in [-0.15, -0.1) is 0 Å². The van der Waals surface area contributed by atoms with Crippen molar-refractivity contribution in [3.63, 3.8) is 0 Å². The number of nitrogens with one attached hydrogen (secondary N) is 1. The van der Waals surface area contributed by atoms with Crippen molar-refractivity contribution >= 4 is 120 Å². The number of pyridine rings is 2. The number of ether oxygens (including phenoxy) is 2. The summed E-state index contributed by atoms with van der Waals surface area (Å²) in [5.74, 6) is 0. The molecule has 2 aromatic heterocycles. The van der Waals surface area contributed by atoms with Crippen molar-refractivity contribution in [1.29, 1.82) is 0 Å². The Morgan fingerprint density at radius 1 is 0.878 bits per heavy atom. The first-order valence-electron chi connectivity index (χ1n) is 11.6. The Morgan fingerprint density at radius 2 is 1.46 bits per heavy atom. The van der Waals surface area contributed by atoms with Crippen molar-refractivity contribution in [2.24, 2.45) is 0 Å². The highest BCUT2D eigenvalue weighted by molar-refractivity contribution is 9.09. The standard InChI is InChI=1S/C13H11Cl3N2OS.C10H9ClN2OS.C3H3BrCl2/c14-11(15)3-4-18(10-5-13(20)19-8-10)7-9-1-2-12(16)17-6-9;11-9-2-1-7(5-13-9)4-12-8-3-10(15)14-6-8;4-2-1-3(5)6/h1-3,5-6H,4,7-8H2;1-3,5,12H,4,6H2;1H,2H2. The summed E-state index contributed by atoms with van der Waals surface area (Å²) in [7, 11) is 0. The molecule has 0 fully saturated rings. The zero-order valence-corrected chi connectivity index (χ0v) is 28.9. The minimum absolute atomic E-state index is 0.228. The zero-order valence-electron chi connectivity index (χ0n) is 21.1. The number of nitrogens with zero attached hydrogens (tertiary/aromatic N) is 3. The predicted molar refractivity (Wildman–Crippen MR) is 182 cm³/mol. The molecule has 2 aromatic rings. The molecule has 15 heteroatoms.